The standard InChI is InChI=1S/C12H15N3O/c13-4-8-1-6-3-10(6)15(8)12(16)11-9-2-7(9)5-14-11/h6-11,14H,1-3,5H2/t6-,7+,8+,9+,10+,11+/m1/s1. The largest absolute Gasteiger partial charge is 0.322 e. The van der Waals surface area contributed by atoms with Gasteiger partial charge >= 0.3 is 0 Å². The van der Waals surface area contributed by atoms with Crippen LogP contribution in [0.3, 0.4) is 0 Å². The van der Waals surface area contributed by atoms with Crippen LogP contribution in [-0.4, -0.2) is 35.5 Å². The molecule has 16 heavy (non-hydrogen) atoms. The van der Waals surface area contributed by atoms with E-state index in [-0.39, 0.29) is 18.0 Å². The average molecular weight is 217 g/mol. The molecule has 2 saturated carbocycles. The average Bonchev–Trinajstić information content (AvgIpc) is 3.18. The molecule has 2 heterocycles. The Balaban J connectivity index is 1.56. The predicted octanol–water partition coefficient (Wildman–Crippen LogP) is 0.107. The van der Waals surface area contributed by atoms with Gasteiger partial charge in [-0.25, -0.2) is 0 Å². The van der Waals surface area contributed by atoms with Crippen LogP contribution in [0.15, 0.2) is 0 Å². The topological polar surface area (TPSA) is 56.1 Å². The van der Waals surface area contributed by atoms with Crippen molar-refractivity contribution in [2.24, 2.45) is 17.8 Å². The summed E-state index contributed by atoms with van der Waals surface area (Å²) < 4.78 is 0. The lowest BCUT2D eigenvalue weighted by molar-refractivity contribution is -0.134. The molecule has 1 amide bonds. The van der Waals surface area contributed by atoms with Crippen LogP contribution in [0.25, 0.3) is 0 Å². The fraction of sp³-hybridized carbons (Fsp3) is 0.833. The molecule has 2 saturated heterocycles. The molecule has 2 aliphatic carbocycles. The van der Waals surface area contributed by atoms with Crippen molar-refractivity contribution < 1.29 is 4.79 Å². The Hall–Kier alpha value is -1.08. The maximum atomic E-state index is 12.4. The van der Waals surface area contributed by atoms with Gasteiger partial charge in [-0.3, -0.25) is 4.79 Å². The normalized spacial score (nSPS) is 51.8. The second-order valence-corrected chi connectivity index (χ2v) is 5.73. The maximum Gasteiger partial charge on any atom is 0.241 e. The van der Waals surface area contributed by atoms with Crippen molar-refractivity contribution in [3.05, 3.63) is 0 Å². The van der Waals surface area contributed by atoms with Gasteiger partial charge in [0.15, 0.2) is 0 Å². The van der Waals surface area contributed by atoms with Crippen LogP contribution in [0.1, 0.15) is 19.3 Å². The lowest BCUT2D eigenvalue weighted by Gasteiger charge is -2.26. The molecule has 4 nitrogen and oxygen atoms in total. The number of likely N-dealkylation sites (tertiary alicyclic amines) is 1. The van der Waals surface area contributed by atoms with Crippen LogP contribution >= 0.6 is 0 Å². The van der Waals surface area contributed by atoms with E-state index in [0.717, 1.165) is 25.3 Å². The number of hydrogen-bond donors (Lipinski definition) is 1. The van der Waals surface area contributed by atoms with E-state index in [1.165, 1.54) is 6.42 Å². The molecular formula is C12H15N3O. The Morgan fingerprint density at radius 2 is 2.19 bits per heavy atom. The lowest BCUT2D eigenvalue weighted by Crippen LogP contribution is -2.48. The van der Waals surface area contributed by atoms with Gasteiger partial charge in [-0.05, 0) is 43.6 Å². The van der Waals surface area contributed by atoms with Crippen LogP contribution < -0.4 is 5.32 Å². The summed E-state index contributed by atoms with van der Waals surface area (Å²) in [4.78, 5) is 14.3. The van der Waals surface area contributed by atoms with Crippen LogP contribution in [0, 0.1) is 29.1 Å². The summed E-state index contributed by atoms with van der Waals surface area (Å²) in [5, 5.41) is 12.4. The number of nitriles is 1. The third kappa shape index (κ3) is 1.04. The summed E-state index contributed by atoms with van der Waals surface area (Å²) in [7, 11) is 0. The van der Waals surface area contributed by atoms with E-state index in [1.54, 1.807) is 0 Å². The second-order valence-electron chi connectivity index (χ2n) is 5.73. The molecule has 0 aromatic heterocycles. The molecule has 6 atom stereocenters. The molecule has 0 aromatic carbocycles. The second kappa shape index (κ2) is 2.78. The minimum atomic E-state index is -0.143. The quantitative estimate of drug-likeness (QED) is 0.678. The molecule has 0 bridgehead atoms. The highest BCUT2D eigenvalue weighted by atomic mass is 16.2. The van der Waals surface area contributed by atoms with Crippen LogP contribution in [0.4, 0.5) is 0 Å². The molecule has 0 spiro atoms. The lowest BCUT2D eigenvalue weighted by atomic mass is 10.1. The Bertz CT molecular complexity index is 402. The van der Waals surface area contributed by atoms with E-state index in [9.17, 15) is 4.79 Å². The number of nitrogens with one attached hydrogen (secondary N) is 1. The molecule has 4 aliphatic rings. The molecular weight excluding hydrogens is 202 g/mol. The van der Waals surface area contributed by atoms with E-state index < -0.39 is 0 Å². The van der Waals surface area contributed by atoms with Crippen LogP contribution in [-0.2, 0) is 4.79 Å². The van der Waals surface area contributed by atoms with E-state index in [2.05, 4.69) is 11.4 Å². The number of rotatable bonds is 1. The number of carbonyl (C=O) groups is 1. The molecule has 0 aromatic rings. The molecule has 84 valence electrons. The maximum absolute atomic E-state index is 12.4. The summed E-state index contributed by atoms with van der Waals surface area (Å²) in [5.41, 5.74) is 0. The third-order valence-corrected chi connectivity index (χ3v) is 4.78. The SMILES string of the molecule is N#C[C@@H]1C[C@@H]2C[C@@H]2N1C(=O)[C@H]1NC[C@@H]2C[C@@H]21. The van der Waals surface area contributed by atoms with Crippen molar-refractivity contribution in [2.75, 3.05) is 6.54 Å². The minimum Gasteiger partial charge on any atom is -0.322 e. The van der Waals surface area contributed by atoms with Crippen molar-refractivity contribution in [3.63, 3.8) is 0 Å². The van der Waals surface area contributed by atoms with Crippen molar-refractivity contribution in [1.29, 1.82) is 5.26 Å². The third-order valence-electron chi connectivity index (χ3n) is 4.78. The monoisotopic (exact) mass is 217 g/mol. The van der Waals surface area contributed by atoms with E-state index in [1.807, 2.05) is 4.90 Å². The molecule has 0 radical (unpaired) electrons. The van der Waals surface area contributed by atoms with Crippen molar-refractivity contribution >= 4 is 5.91 Å². The highest BCUT2D eigenvalue weighted by Crippen LogP contribution is 2.50. The van der Waals surface area contributed by atoms with Gasteiger partial charge in [-0.1, -0.05) is 0 Å². The molecule has 4 heteroatoms. The van der Waals surface area contributed by atoms with Gasteiger partial charge in [0.25, 0.3) is 0 Å². The summed E-state index contributed by atoms with van der Waals surface area (Å²) in [5.74, 6) is 2.16. The van der Waals surface area contributed by atoms with Crippen molar-refractivity contribution in [1.82, 2.24) is 10.2 Å². The smallest absolute Gasteiger partial charge is 0.241 e. The Morgan fingerprint density at radius 3 is 2.81 bits per heavy atom. The van der Waals surface area contributed by atoms with Gasteiger partial charge in [-0.15, -0.1) is 0 Å². The zero-order chi connectivity index (χ0) is 10.9. The molecule has 1 N–H and O–H groups in total. The first-order valence-electron chi connectivity index (χ1n) is 6.25. The first-order chi connectivity index (χ1) is 7.79. The minimum absolute atomic E-state index is 0.0280. The van der Waals surface area contributed by atoms with Crippen LogP contribution in [0.5, 0.6) is 0 Å². The Kier molecular flexibility index (Phi) is 1.56. The van der Waals surface area contributed by atoms with Gasteiger partial charge in [0.1, 0.15) is 6.04 Å². The number of amides is 1. The van der Waals surface area contributed by atoms with Gasteiger partial charge in [0, 0.05) is 6.04 Å². The van der Waals surface area contributed by atoms with E-state index in [4.69, 9.17) is 5.26 Å². The first-order valence-corrected chi connectivity index (χ1v) is 6.25. The molecule has 0 unspecified atom stereocenters. The molecule has 4 fully saturated rings. The fourth-order valence-corrected chi connectivity index (χ4v) is 3.66. The van der Waals surface area contributed by atoms with Crippen molar-refractivity contribution in [3.8, 4) is 6.07 Å². The van der Waals surface area contributed by atoms with E-state index >= 15 is 0 Å². The van der Waals surface area contributed by atoms with Crippen LogP contribution in [0.2, 0.25) is 0 Å². The highest BCUT2D eigenvalue weighted by Gasteiger charge is 2.58. The summed E-state index contributed by atoms with van der Waals surface area (Å²) in [6.45, 7) is 1.00. The molecule has 2 aliphatic heterocycles. The summed E-state index contributed by atoms with van der Waals surface area (Å²) >= 11 is 0. The number of nitrogens with zero attached hydrogens (tertiary/aromatic N) is 2. The van der Waals surface area contributed by atoms with Gasteiger partial charge in [-0.2, -0.15) is 5.26 Å². The number of hydrogen-bond acceptors (Lipinski definition) is 3. The predicted molar refractivity (Wildman–Crippen MR) is 56.1 cm³/mol. The Labute approximate surface area is 94.6 Å². The van der Waals surface area contributed by atoms with Gasteiger partial charge < -0.3 is 10.2 Å². The van der Waals surface area contributed by atoms with Gasteiger partial charge in [0.05, 0.1) is 12.1 Å². The number of fused-ring (bicyclic) bond motifs is 2. The first kappa shape index (κ1) is 9.00. The highest BCUT2D eigenvalue weighted by molar-refractivity contribution is 5.85. The fourth-order valence-electron chi connectivity index (χ4n) is 3.66. The summed E-state index contributed by atoms with van der Waals surface area (Å²) in [6, 6.07) is 2.57. The van der Waals surface area contributed by atoms with Crippen molar-refractivity contribution in [2.45, 2.75) is 37.4 Å². The Morgan fingerprint density at radius 1 is 1.31 bits per heavy atom. The molecule has 4 rings (SSSR count). The number of carbonyl (C=O) groups excluding carboxylic acids is 1. The summed E-state index contributed by atoms with van der Waals surface area (Å²) in [6.07, 6.45) is 3.25. The van der Waals surface area contributed by atoms with E-state index in [0.29, 0.717) is 17.9 Å². The number of piperidine rings is 2. The zero-order valence-electron chi connectivity index (χ0n) is 9.10. The van der Waals surface area contributed by atoms with Gasteiger partial charge in [0.2, 0.25) is 5.91 Å². The zero-order valence-corrected chi connectivity index (χ0v) is 9.10.